The van der Waals surface area contributed by atoms with Gasteiger partial charge in [-0.15, -0.1) is 0 Å². The fraction of sp³-hybridized carbons (Fsp3) is 0.167. The second-order valence-electron chi connectivity index (χ2n) is 6.65. The lowest BCUT2D eigenvalue weighted by molar-refractivity contribution is -0.0769. The van der Waals surface area contributed by atoms with Crippen molar-refractivity contribution >= 4 is 6.08 Å². The van der Waals surface area contributed by atoms with Crippen LogP contribution in [0.4, 0.5) is 0 Å². The van der Waals surface area contributed by atoms with Crippen LogP contribution in [0.15, 0.2) is 97.1 Å². The molecule has 2 heteroatoms. The molecule has 0 amide bonds. The highest BCUT2D eigenvalue weighted by Crippen LogP contribution is 2.37. The highest BCUT2D eigenvalue weighted by molar-refractivity contribution is 5.50. The molecule has 0 fully saturated rings. The predicted octanol–water partition coefficient (Wildman–Crippen LogP) is 5.40. The molecule has 3 aromatic carbocycles. The van der Waals surface area contributed by atoms with E-state index in [1.807, 2.05) is 30.3 Å². The third kappa shape index (κ3) is 4.29. The molecule has 3 rings (SSSR count). The lowest BCUT2D eigenvalue weighted by Gasteiger charge is -2.36. The third-order valence-electron chi connectivity index (χ3n) is 4.73. The van der Waals surface area contributed by atoms with Gasteiger partial charge in [0.25, 0.3) is 0 Å². The lowest BCUT2D eigenvalue weighted by atomic mass is 9.71. The van der Waals surface area contributed by atoms with E-state index in [9.17, 15) is 5.21 Å². The Morgan fingerprint density at radius 3 is 1.69 bits per heavy atom. The molecule has 0 aliphatic heterocycles. The lowest BCUT2D eigenvalue weighted by Crippen LogP contribution is -2.38. The predicted molar refractivity (Wildman–Crippen MR) is 108 cm³/mol. The fourth-order valence-corrected chi connectivity index (χ4v) is 3.51. The quantitative estimate of drug-likeness (QED) is 0.581. The van der Waals surface area contributed by atoms with Gasteiger partial charge in [-0.1, -0.05) is 103 Å². The molecule has 0 aromatic heterocycles. The highest BCUT2D eigenvalue weighted by atomic mass is 16.5. The topological polar surface area (TPSA) is 23.5 Å². The van der Waals surface area contributed by atoms with Crippen LogP contribution in [0.1, 0.15) is 23.1 Å². The molecule has 0 aliphatic rings. The first-order chi connectivity index (χ1) is 12.7. The van der Waals surface area contributed by atoms with E-state index in [0.29, 0.717) is 6.54 Å². The van der Waals surface area contributed by atoms with Crippen LogP contribution in [-0.4, -0.2) is 23.9 Å². The monoisotopic (exact) mass is 343 g/mol. The Morgan fingerprint density at radius 2 is 1.23 bits per heavy atom. The van der Waals surface area contributed by atoms with Gasteiger partial charge in [0.2, 0.25) is 0 Å². The van der Waals surface area contributed by atoms with E-state index < -0.39 is 0 Å². The second-order valence-corrected chi connectivity index (χ2v) is 6.65. The molecular formula is C24H25NO. The fourth-order valence-electron chi connectivity index (χ4n) is 3.51. The first kappa shape index (κ1) is 18.1. The van der Waals surface area contributed by atoms with Crippen LogP contribution in [0.5, 0.6) is 0 Å². The van der Waals surface area contributed by atoms with Crippen molar-refractivity contribution in [3.8, 4) is 0 Å². The van der Waals surface area contributed by atoms with Crippen LogP contribution >= 0.6 is 0 Å². The first-order valence-electron chi connectivity index (χ1n) is 8.93. The van der Waals surface area contributed by atoms with Gasteiger partial charge < -0.3 is 5.21 Å². The van der Waals surface area contributed by atoms with E-state index in [4.69, 9.17) is 0 Å². The van der Waals surface area contributed by atoms with E-state index in [1.54, 1.807) is 7.05 Å². The molecule has 2 nitrogen and oxygen atoms in total. The molecule has 0 radical (unpaired) electrons. The maximum absolute atomic E-state index is 10.1. The third-order valence-corrected chi connectivity index (χ3v) is 4.73. The minimum atomic E-state index is -0.322. The maximum atomic E-state index is 10.1. The molecule has 0 unspecified atom stereocenters. The summed E-state index contributed by atoms with van der Waals surface area (Å²) >= 11 is 0. The van der Waals surface area contributed by atoms with Crippen LogP contribution in [0.2, 0.25) is 0 Å². The number of allylic oxidation sites excluding steroid dienone is 1. The summed E-state index contributed by atoms with van der Waals surface area (Å²) in [5.41, 5.74) is 3.26. The summed E-state index contributed by atoms with van der Waals surface area (Å²) in [6.07, 6.45) is 5.15. The molecular weight excluding hydrogens is 318 g/mol. The number of benzene rings is 3. The minimum Gasteiger partial charge on any atom is -0.314 e. The number of hydrogen-bond donors (Lipinski definition) is 1. The zero-order valence-electron chi connectivity index (χ0n) is 15.1. The summed E-state index contributed by atoms with van der Waals surface area (Å²) in [6.45, 7) is 0.514. The number of nitrogens with zero attached hydrogens (tertiary/aromatic N) is 1. The van der Waals surface area contributed by atoms with Gasteiger partial charge in [-0.05, 0) is 23.1 Å². The van der Waals surface area contributed by atoms with Crippen molar-refractivity contribution in [1.29, 1.82) is 0 Å². The summed E-state index contributed by atoms with van der Waals surface area (Å²) in [5, 5.41) is 11.4. The molecule has 0 saturated heterocycles. The van der Waals surface area contributed by atoms with E-state index in [1.165, 1.54) is 21.8 Å². The van der Waals surface area contributed by atoms with Gasteiger partial charge in [0.05, 0.1) is 0 Å². The molecule has 0 aliphatic carbocycles. The summed E-state index contributed by atoms with van der Waals surface area (Å²) in [5.74, 6) is 0. The van der Waals surface area contributed by atoms with Gasteiger partial charge >= 0.3 is 0 Å². The van der Waals surface area contributed by atoms with E-state index in [0.717, 1.165) is 6.42 Å². The van der Waals surface area contributed by atoms with Crippen LogP contribution in [0, 0.1) is 0 Å². The summed E-state index contributed by atoms with van der Waals surface area (Å²) in [6, 6.07) is 31.2. The standard InChI is InChI=1S/C24H25NO/c1-25(26)20-24(22-15-7-3-8-16-22,23-17-9-4-10-18-23)19-11-14-21-12-5-2-6-13-21/h2-18,26H,19-20H2,1H3/b14-11+. The minimum absolute atomic E-state index is 0.322. The molecule has 0 atom stereocenters. The molecule has 3 aromatic rings. The molecule has 1 N–H and O–H groups in total. The Bertz CT molecular complexity index is 771. The van der Waals surface area contributed by atoms with Crippen molar-refractivity contribution in [2.24, 2.45) is 0 Å². The van der Waals surface area contributed by atoms with Crippen LogP contribution in [0.25, 0.3) is 6.08 Å². The average Bonchev–Trinajstić information content (AvgIpc) is 2.69. The van der Waals surface area contributed by atoms with Gasteiger partial charge in [0, 0.05) is 19.0 Å². The Hall–Kier alpha value is -2.68. The van der Waals surface area contributed by atoms with Crippen molar-refractivity contribution in [2.75, 3.05) is 13.6 Å². The Morgan fingerprint density at radius 1 is 0.769 bits per heavy atom. The maximum Gasteiger partial charge on any atom is 0.0387 e. The SMILES string of the molecule is CN(O)CC(C/C=C/c1ccccc1)(c1ccccc1)c1ccccc1. The molecule has 0 heterocycles. The van der Waals surface area contributed by atoms with Crippen LogP contribution < -0.4 is 0 Å². The van der Waals surface area contributed by atoms with Gasteiger partial charge in [0.15, 0.2) is 0 Å². The van der Waals surface area contributed by atoms with Crippen molar-refractivity contribution in [3.63, 3.8) is 0 Å². The van der Waals surface area contributed by atoms with E-state index in [2.05, 4.69) is 72.8 Å². The normalized spacial score (nSPS) is 12.0. The Balaban J connectivity index is 2.03. The second kappa shape index (κ2) is 8.61. The van der Waals surface area contributed by atoms with Gasteiger partial charge in [-0.2, -0.15) is 5.06 Å². The molecule has 132 valence electrons. The average molecular weight is 343 g/mol. The van der Waals surface area contributed by atoms with E-state index in [-0.39, 0.29) is 5.41 Å². The van der Waals surface area contributed by atoms with Crippen molar-refractivity contribution in [2.45, 2.75) is 11.8 Å². The summed E-state index contributed by atoms with van der Waals surface area (Å²) in [4.78, 5) is 0. The van der Waals surface area contributed by atoms with Gasteiger partial charge in [0.1, 0.15) is 0 Å². The number of hydrogen-bond acceptors (Lipinski definition) is 2. The smallest absolute Gasteiger partial charge is 0.0387 e. The molecule has 26 heavy (non-hydrogen) atoms. The van der Waals surface area contributed by atoms with Crippen LogP contribution in [0.3, 0.4) is 0 Å². The van der Waals surface area contributed by atoms with Gasteiger partial charge in [-0.3, -0.25) is 0 Å². The Kier molecular flexibility index (Phi) is 6.00. The van der Waals surface area contributed by atoms with E-state index >= 15 is 0 Å². The first-order valence-corrected chi connectivity index (χ1v) is 8.93. The highest BCUT2D eigenvalue weighted by Gasteiger charge is 2.34. The Labute approximate surface area is 156 Å². The molecule has 0 bridgehead atoms. The molecule has 0 saturated carbocycles. The largest absolute Gasteiger partial charge is 0.314 e. The van der Waals surface area contributed by atoms with Crippen molar-refractivity contribution < 1.29 is 5.21 Å². The van der Waals surface area contributed by atoms with Gasteiger partial charge in [-0.25, -0.2) is 0 Å². The number of likely N-dealkylation sites (N-methyl/N-ethyl adjacent to an activating group) is 1. The number of hydroxylamine groups is 2. The molecule has 0 spiro atoms. The zero-order chi connectivity index (χ0) is 18.2. The summed E-state index contributed by atoms with van der Waals surface area (Å²) < 4.78 is 0. The number of rotatable bonds is 7. The van der Waals surface area contributed by atoms with Crippen molar-refractivity contribution in [1.82, 2.24) is 5.06 Å². The van der Waals surface area contributed by atoms with Crippen LogP contribution in [-0.2, 0) is 5.41 Å². The summed E-state index contributed by atoms with van der Waals surface area (Å²) in [7, 11) is 1.71. The zero-order valence-corrected chi connectivity index (χ0v) is 15.1. The van der Waals surface area contributed by atoms with Crippen molar-refractivity contribution in [3.05, 3.63) is 114 Å².